The lowest BCUT2D eigenvalue weighted by atomic mass is 10.1. The van der Waals surface area contributed by atoms with Gasteiger partial charge in [0.15, 0.2) is 6.23 Å². The molecule has 2 aromatic rings. The van der Waals surface area contributed by atoms with Crippen LogP contribution in [0.4, 0.5) is 0 Å². The molecule has 0 saturated carbocycles. The summed E-state index contributed by atoms with van der Waals surface area (Å²) in [5, 5.41) is 29.9. The number of nitrogens with zero attached hydrogens (tertiary/aromatic N) is 2. The predicted octanol–water partition coefficient (Wildman–Crippen LogP) is -0.0438. The number of aliphatic hydroxyl groups is 3. The lowest BCUT2D eigenvalue weighted by Crippen LogP contribution is -2.33. The van der Waals surface area contributed by atoms with E-state index in [1.54, 1.807) is 17.0 Å². The molecule has 0 unspecified atom stereocenters. The van der Waals surface area contributed by atoms with Crippen LogP contribution in [0.15, 0.2) is 24.5 Å². The average molecular weight is 264 g/mol. The summed E-state index contributed by atoms with van der Waals surface area (Å²) in [5.41, 5.74) is 1.77. The smallest absolute Gasteiger partial charge is 0.164 e. The maximum atomic E-state index is 10.0. The second-order valence-electron chi connectivity index (χ2n) is 4.82. The molecule has 102 valence electrons. The number of hydrogen-bond donors (Lipinski definition) is 3. The summed E-state index contributed by atoms with van der Waals surface area (Å²) in [6.07, 6.45) is -0.242. The second-order valence-corrected chi connectivity index (χ2v) is 4.82. The van der Waals surface area contributed by atoms with E-state index in [0.717, 1.165) is 10.9 Å². The van der Waals surface area contributed by atoms with Crippen molar-refractivity contribution in [1.29, 1.82) is 0 Å². The van der Waals surface area contributed by atoms with Gasteiger partial charge in [-0.15, -0.1) is 0 Å². The molecule has 3 heterocycles. The van der Waals surface area contributed by atoms with Crippen LogP contribution < -0.4 is 0 Å². The Morgan fingerprint density at radius 2 is 2.11 bits per heavy atom. The fourth-order valence-electron chi connectivity index (χ4n) is 2.51. The van der Waals surface area contributed by atoms with E-state index in [9.17, 15) is 10.2 Å². The van der Waals surface area contributed by atoms with E-state index in [1.807, 2.05) is 19.1 Å². The van der Waals surface area contributed by atoms with E-state index in [4.69, 9.17) is 9.84 Å². The van der Waals surface area contributed by atoms with Gasteiger partial charge in [-0.3, -0.25) is 0 Å². The van der Waals surface area contributed by atoms with Crippen LogP contribution in [0.2, 0.25) is 0 Å². The average Bonchev–Trinajstić information content (AvgIpc) is 2.94. The van der Waals surface area contributed by atoms with Crippen molar-refractivity contribution < 1.29 is 20.1 Å². The Bertz CT molecular complexity index is 597. The molecule has 0 aromatic carbocycles. The third-order valence-corrected chi connectivity index (χ3v) is 3.62. The van der Waals surface area contributed by atoms with E-state index in [1.165, 1.54) is 0 Å². The maximum absolute atomic E-state index is 10.0. The van der Waals surface area contributed by atoms with E-state index in [0.29, 0.717) is 5.65 Å². The maximum Gasteiger partial charge on any atom is 0.164 e. The molecule has 3 N–H and O–H groups in total. The van der Waals surface area contributed by atoms with E-state index < -0.39 is 24.5 Å². The fraction of sp³-hybridized carbons (Fsp3) is 0.462. The van der Waals surface area contributed by atoms with Gasteiger partial charge in [0.05, 0.1) is 6.61 Å². The van der Waals surface area contributed by atoms with Crippen LogP contribution in [0.25, 0.3) is 11.0 Å². The molecule has 2 aromatic heterocycles. The summed E-state index contributed by atoms with van der Waals surface area (Å²) in [7, 11) is 0. The van der Waals surface area contributed by atoms with Gasteiger partial charge >= 0.3 is 0 Å². The molecule has 1 saturated heterocycles. The molecule has 4 atom stereocenters. The Morgan fingerprint density at radius 1 is 1.32 bits per heavy atom. The van der Waals surface area contributed by atoms with Crippen LogP contribution in [-0.2, 0) is 4.74 Å². The van der Waals surface area contributed by atoms with Gasteiger partial charge < -0.3 is 24.6 Å². The lowest BCUT2D eigenvalue weighted by molar-refractivity contribution is -0.0508. The number of aliphatic hydroxyl groups excluding tert-OH is 3. The van der Waals surface area contributed by atoms with Crippen LogP contribution in [0.5, 0.6) is 0 Å². The van der Waals surface area contributed by atoms with Crippen molar-refractivity contribution in [3.05, 3.63) is 30.1 Å². The molecule has 0 radical (unpaired) electrons. The van der Waals surface area contributed by atoms with Gasteiger partial charge in [-0.1, -0.05) is 0 Å². The summed E-state index contributed by atoms with van der Waals surface area (Å²) in [6.45, 7) is 1.64. The summed E-state index contributed by atoms with van der Waals surface area (Å²) < 4.78 is 7.19. The van der Waals surface area contributed by atoms with Crippen molar-refractivity contribution in [3.8, 4) is 0 Å². The highest BCUT2D eigenvalue weighted by Crippen LogP contribution is 2.32. The molecule has 0 bridgehead atoms. The minimum absolute atomic E-state index is 0.333. The second kappa shape index (κ2) is 4.57. The van der Waals surface area contributed by atoms with Crippen molar-refractivity contribution in [2.75, 3.05) is 6.61 Å². The summed E-state index contributed by atoms with van der Waals surface area (Å²) in [4.78, 5) is 4.28. The molecule has 0 spiro atoms. The van der Waals surface area contributed by atoms with Gasteiger partial charge in [0.2, 0.25) is 0 Å². The first-order valence-corrected chi connectivity index (χ1v) is 6.18. The summed E-state index contributed by atoms with van der Waals surface area (Å²) in [5.74, 6) is 0. The zero-order valence-electron chi connectivity index (χ0n) is 10.5. The van der Waals surface area contributed by atoms with Gasteiger partial charge in [0, 0.05) is 17.8 Å². The van der Waals surface area contributed by atoms with Gasteiger partial charge in [0.1, 0.15) is 24.0 Å². The molecule has 19 heavy (non-hydrogen) atoms. The SMILES string of the molecule is Cc1ccnc2c1ccn2[C@@H]1O[C@H](CO)[C@@H](O)[C@H]1O. The van der Waals surface area contributed by atoms with Crippen LogP contribution in [-0.4, -0.2) is 49.8 Å². The van der Waals surface area contributed by atoms with E-state index >= 15 is 0 Å². The Balaban J connectivity index is 2.04. The zero-order chi connectivity index (χ0) is 13.6. The largest absolute Gasteiger partial charge is 0.394 e. The van der Waals surface area contributed by atoms with Crippen molar-refractivity contribution in [2.45, 2.75) is 31.5 Å². The molecular weight excluding hydrogens is 248 g/mol. The highest BCUT2D eigenvalue weighted by molar-refractivity contribution is 5.79. The number of hydrogen-bond acceptors (Lipinski definition) is 5. The van der Waals surface area contributed by atoms with Crippen LogP contribution in [0.1, 0.15) is 11.8 Å². The first-order chi connectivity index (χ1) is 9.13. The molecule has 1 aliphatic heterocycles. The zero-order valence-corrected chi connectivity index (χ0v) is 10.5. The van der Waals surface area contributed by atoms with Crippen molar-refractivity contribution in [3.63, 3.8) is 0 Å². The molecule has 1 aliphatic rings. The lowest BCUT2D eigenvalue weighted by Gasteiger charge is -2.17. The Morgan fingerprint density at radius 3 is 2.79 bits per heavy atom. The number of aromatic nitrogens is 2. The van der Waals surface area contributed by atoms with Crippen LogP contribution >= 0.6 is 0 Å². The summed E-state index contributed by atoms with van der Waals surface area (Å²) in [6, 6.07) is 3.80. The predicted molar refractivity (Wildman–Crippen MR) is 67.5 cm³/mol. The van der Waals surface area contributed by atoms with Gasteiger partial charge in [0.25, 0.3) is 0 Å². The van der Waals surface area contributed by atoms with E-state index in [-0.39, 0.29) is 6.61 Å². The molecular formula is C13H16N2O4. The van der Waals surface area contributed by atoms with Crippen LogP contribution in [0, 0.1) is 6.92 Å². The third kappa shape index (κ3) is 1.84. The quantitative estimate of drug-likeness (QED) is 0.708. The highest BCUT2D eigenvalue weighted by Gasteiger charge is 2.43. The van der Waals surface area contributed by atoms with Gasteiger partial charge in [-0.25, -0.2) is 4.98 Å². The standard InChI is InChI=1S/C13H16N2O4/c1-7-2-4-14-12-8(7)3-5-15(12)13-11(18)10(17)9(6-16)19-13/h2-5,9-11,13,16-18H,6H2,1H3/t9-,10-,11-,13-/m1/s1. The summed E-state index contributed by atoms with van der Waals surface area (Å²) >= 11 is 0. The first kappa shape index (κ1) is 12.6. The fourth-order valence-corrected chi connectivity index (χ4v) is 2.51. The van der Waals surface area contributed by atoms with Gasteiger partial charge in [-0.05, 0) is 24.6 Å². The van der Waals surface area contributed by atoms with Crippen molar-refractivity contribution in [1.82, 2.24) is 9.55 Å². The van der Waals surface area contributed by atoms with Crippen LogP contribution in [0.3, 0.4) is 0 Å². The molecule has 1 fully saturated rings. The number of fused-ring (bicyclic) bond motifs is 1. The normalized spacial score (nSPS) is 31.2. The Kier molecular flexibility index (Phi) is 3.02. The van der Waals surface area contributed by atoms with Crippen molar-refractivity contribution >= 4 is 11.0 Å². The Labute approximate surface area is 109 Å². The third-order valence-electron chi connectivity index (χ3n) is 3.62. The number of aryl methyl sites for hydroxylation is 1. The molecule has 0 amide bonds. The monoisotopic (exact) mass is 264 g/mol. The highest BCUT2D eigenvalue weighted by atomic mass is 16.6. The first-order valence-electron chi connectivity index (χ1n) is 6.18. The molecule has 3 rings (SSSR count). The number of pyridine rings is 1. The molecule has 0 aliphatic carbocycles. The molecule has 6 heteroatoms. The Hall–Kier alpha value is -1.47. The van der Waals surface area contributed by atoms with Crippen molar-refractivity contribution in [2.24, 2.45) is 0 Å². The minimum Gasteiger partial charge on any atom is -0.394 e. The number of rotatable bonds is 2. The number of ether oxygens (including phenoxy) is 1. The topological polar surface area (TPSA) is 87.7 Å². The van der Waals surface area contributed by atoms with E-state index in [2.05, 4.69) is 4.98 Å². The van der Waals surface area contributed by atoms with Gasteiger partial charge in [-0.2, -0.15) is 0 Å². The molecule has 6 nitrogen and oxygen atoms in total. The minimum atomic E-state index is -1.10.